The van der Waals surface area contributed by atoms with Gasteiger partial charge in [-0.05, 0) is 30.7 Å². The van der Waals surface area contributed by atoms with Gasteiger partial charge in [-0.25, -0.2) is 0 Å². The van der Waals surface area contributed by atoms with Crippen LogP contribution in [0.3, 0.4) is 0 Å². The van der Waals surface area contributed by atoms with Crippen LogP contribution in [0.15, 0.2) is 0 Å². The normalized spacial score (nSPS) is 24.4. The van der Waals surface area contributed by atoms with Gasteiger partial charge in [0.2, 0.25) is 0 Å². The molecule has 0 saturated heterocycles. The summed E-state index contributed by atoms with van der Waals surface area (Å²) in [6.07, 6.45) is 3.17. The maximum absolute atomic E-state index is 9.62. The average molecular weight is 229 g/mol. The maximum Gasteiger partial charge on any atom is 0.0897 e. The highest BCUT2D eigenvalue weighted by atomic mass is 16.5. The fourth-order valence-corrected chi connectivity index (χ4v) is 1.87. The van der Waals surface area contributed by atoms with Crippen molar-refractivity contribution in [1.82, 2.24) is 5.32 Å². The molecule has 1 aliphatic rings. The van der Waals surface area contributed by atoms with Crippen LogP contribution in [-0.2, 0) is 4.74 Å². The smallest absolute Gasteiger partial charge is 0.0897 e. The van der Waals surface area contributed by atoms with E-state index in [-0.39, 0.29) is 6.10 Å². The number of hydrogen-bond donors (Lipinski definition) is 2. The first-order valence-electron chi connectivity index (χ1n) is 6.52. The molecule has 1 saturated carbocycles. The number of unbranched alkanes of at least 4 members (excludes halogenated alkanes) is 1. The highest BCUT2D eigenvalue weighted by molar-refractivity contribution is 4.96. The topological polar surface area (TPSA) is 41.5 Å². The molecule has 2 atom stereocenters. The molecule has 0 aromatic heterocycles. The standard InChI is InChI=1S/C13H27NO2/c1-4-5-6-16-10-12(15)9-14-8-11-7-13(11,2)3/h11-12,14-15H,4-10H2,1-3H3. The molecule has 0 aliphatic heterocycles. The number of hydrogen-bond acceptors (Lipinski definition) is 3. The molecule has 3 nitrogen and oxygen atoms in total. The summed E-state index contributed by atoms with van der Waals surface area (Å²) in [5, 5.41) is 12.9. The van der Waals surface area contributed by atoms with Crippen LogP contribution in [0.25, 0.3) is 0 Å². The largest absolute Gasteiger partial charge is 0.389 e. The molecule has 2 N–H and O–H groups in total. The number of aliphatic hydroxyl groups excluding tert-OH is 1. The highest BCUT2D eigenvalue weighted by Gasteiger charge is 2.44. The van der Waals surface area contributed by atoms with E-state index in [9.17, 15) is 5.11 Å². The van der Waals surface area contributed by atoms with E-state index in [2.05, 4.69) is 26.1 Å². The molecule has 0 amide bonds. The minimum Gasteiger partial charge on any atom is -0.389 e. The van der Waals surface area contributed by atoms with E-state index < -0.39 is 0 Å². The molecule has 1 rings (SSSR count). The maximum atomic E-state index is 9.62. The SMILES string of the molecule is CCCCOCC(O)CNCC1CC1(C)C. The fraction of sp³-hybridized carbons (Fsp3) is 1.00. The zero-order valence-electron chi connectivity index (χ0n) is 11.0. The Morgan fingerprint density at radius 1 is 1.50 bits per heavy atom. The molecule has 96 valence electrons. The van der Waals surface area contributed by atoms with Gasteiger partial charge in [-0.15, -0.1) is 0 Å². The summed E-state index contributed by atoms with van der Waals surface area (Å²) in [5.74, 6) is 0.792. The fourth-order valence-electron chi connectivity index (χ4n) is 1.87. The summed E-state index contributed by atoms with van der Waals surface area (Å²) in [6.45, 7) is 9.63. The summed E-state index contributed by atoms with van der Waals surface area (Å²) in [5.41, 5.74) is 0.523. The van der Waals surface area contributed by atoms with Crippen molar-refractivity contribution in [2.24, 2.45) is 11.3 Å². The molecule has 1 aliphatic carbocycles. The number of nitrogens with one attached hydrogen (secondary N) is 1. The van der Waals surface area contributed by atoms with Gasteiger partial charge in [0.05, 0.1) is 12.7 Å². The quantitative estimate of drug-likeness (QED) is 0.592. The Bertz CT molecular complexity index is 194. The molecule has 0 radical (unpaired) electrons. The monoisotopic (exact) mass is 229 g/mol. The summed E-state index contributed by atoms with van der Waals surface area (Å²) >= 11 is 0. The van der Waals surface area contributed by atoms with Crippen LogP contribution >= 0.6 is 0 Å². The van der Waals surface area contributed by atoms with Gasteiger partial charge in [-0.1, -0.05) is 27.2 Å². The van der Waals surface area contributed by atoms with E-state index in [1.807, 2.05) is 0 Å². The molecular weight excluding hydrogens is 202 g/mol. The summed E-state index contributed by atoms with van der Waals surface area (Å²) < 4.78 is 5.36. The first kappa shape index (κ1) is 13.9. The van der Waals surface area contributed by atoms with Crippen molar-refractivity contribution >= 4 is 0 Å². The zero-order chi connectivity index (χ0) is 12.0. The van der Waals surface area contributed by atoms with Gasteiger partial charge in [0.15, 0.2) is 0 Å². The lowest BCUT2D eigenvalue weighted by molar-refractivity contribution is 0.0358. The minimum atomic E-state index is -0.362. The van der Waals surface area contributed by atoms with Crippen molar-refractivity contribution in [3.05, 3.63) is 0 Å². The van der Waals surface area contributed by atoms with Gasteiger partial charge < -0.3 is 15.2 Å². The lowest BCUT2D eigenvalue weighted by atomic mass is 10.1. The summed E-state index contributed by atoms with van der Waals surface area (Å²) in [4.78, 5) is 0. The predicted molar refractivity (Wildman–Crippen MR) is 66.5 cm³/mol. The number of rotatable bonds is 9. The first-order chi connectivity index (χ1) is 7.56. The third kappa shape index (κ3) is 5.28. The molecule has 1 fully saturated rings. The molecule has 0 spiro atoms. The van der Waals surface area contributed by atoms with E-state index in [0.717, 1.165) is 31.9 Å². The van der Waals surface area contributed by atoms with Crippen LogP contribution in [0.1, 0.15) is 40.0 Å². The van der Waals surface area contributed by atoms with Crippen molar-refractivity contribution in [3.63, 3.8) is 0 Å². The lowest BCUT2D eigenvalue weighted by Crippen LogP contribution is -2.32. The minimum absolute atomic E-state index is 0.362. The molecular formula is C13H27NO2. The highest BCUT2D eigenvalue weighted by Crippen LogP contribution is 2.50. The van der Waals surface area contributed by atoms with E-state index >= 15 is 0 Å². The van der Waals surface area contributed by atoms with Gasteiger partial charge in [0, 0.05) is 13.2 Å². The Hall–Kier alpha value is -0.120. The van der Waals surface area contributed by atoms with Gasteiger partial charge in [-0.2, -0.15) is 0 Å². The summed E-state index contributed by atoms with van der Waals surface area (Å²) in [7, 11) is 0. The van der Waals surface area contributed by atoms with Gasteiger partial charge in [0.25, 0.3) is 0 Å². The van der Waals surface area contributed by atoms with Crippen LogP contribution in [-0.4, -0.2) is 37.5 Å². The molecule has 3 heteroatoms. The van der Waals surface area contributed by atoms with Gasteiger partial charge in [-0.3, -0.25) is 0 Å². The van der Waals surface area contributed by atoms with Crippen LogP contribution in [0, 0.1) is 11.3 Å². The Morgan fingerprint density at radius 3 is 2.75 bits per heavy atom. The van der Waals surface area contributed by atoms with Crippen LogP contribution in [0.4, 0.5) is 0 Å². The Labute approximate surface area is 99.6 Å². The van der Waals surface area contributed by atoms with Crippen molar-refractivity contribution in [2.75, 3.05) is 26.3 Å². The second-order valence-corrected chi connectivity index (χ2v) is 5.63. The zero-order valence-corrected chi connectivity index (χ0v) is 11.0. The second-order valence-electron chi connectivity index (χ2n) is 5.63. The van der Waals surface area contributed by atoms with E-state index in [1.165, 1.54) is 6.42 Å². The second kappa shape index (κ2) is 6.58. The molecule has 0 aromatic carbocycles. The Morgan fingerprint density at radius 2 is 2.19 bits per heavy atom. The number of aliphatic hydroxyl groups is 1. The Balaban J connectivity index is 1.88. The Kier molecular flexibility index (Phi) is 5.73. The van der Waals surface area contributed by atoms with Crippen LogP contribution < -0.4 is 5.32 Å². The summed E-state index contributed by atoms with van der Waals surface area (Å²) in [6, 6.07) is 0. The van der Waals surface area contributed by atoms with Crippen molar-refractivity contribution in [1.29, 1.82) is 0 Å². The van der Waals surface area contributed by atoms with Gasteiger partial charge in [0.1, 0.15) is 0 Å². The first-order valence-corrected chi connectivity index (χ1v) is 6.52. The van der Waals surface area contributed by atoms with Gasteiger partial charge >= 0.3 is 0 Å². The van der Waals surface area contributed by atoms with E-state index in [1.54, 1.807) is 0 Å². The molecule has 0 heterocycles. The van der Waals surface area contributed by atoms with Crippen molar-refractivity contribution < 1.29 is 9.84 Å². The van der Waals surface area contributed by atoms with E-state index in [0.29, 0.717) is 18.6 Å². The molecule has 0 aromatic rings. The third-order valence-corrected chi connectivity index (χ3v) is 3.44. The van der Waals surface area contributed by atoms with Crippen molar-refractivity contribution in [3.8, 4) is 0 Å². The number of ether oxygens (including phenoxy) is 1. The molecule has 2 unspecified atom stereocenters. The predicted octanol–water partition coefficient (Wildman–Crippen LogP) is 1.80. The lowest BCUT2D eigenvalue weighted by Gasteiger charge is -2.12. The van der Waals surface area contributed by atoms with Crippen LogP contribution in [0.2, 0.25) is 0 Å². The molecule has 0 bridgehead atoms. The van der Waals surface area contributed by atoms with Crippen LogP contribution in [0.5, 0.6) is 0 Å². The third-order valence-electron chi connectivity index (χ3n) is 3.44. The molecule has 16 heavy (non-hydrogen) atoms. The van der Waals surface area contributed by atoms with E-state index in [4.69, 9.17) is 4.74 Å². The van der Waals surface area contributed by atoms with Crippen molar-refractivity contribution in [2.45, 2.75) is 46.1 Å². The average Bonchev–Trinajstić information content (AvgIpc) is 2.81.